The summed E-state index contributed by atoms with van der Waals surface area (Å²) in [6, 6.07) is 29.8. The highest BCUT2D eigenvalue weighted by atomic mass is 16.6. The van der Waals surface area contributed by atoms with Crippen LogP contribution in [-0.4, -0.2) is 23.1 Å². The molecule has 5 N–H and O–H groups in total. The Kier molecular flexibility index (Phi) is 7.05. The second-order valence-electron chi connectivity index (χ2n) is 7.90. The van der Waals surface area contributed by atoms with E-state index >= 15 is 0 Å². The lowest BCUT2D eigenvalue weighted by molar-refractivity contribution is -0.383. The zero-order valence-electron chi connectivity index (χ0n) is 18.5. The Morgan fingerprint density at radius 3 is 2.00 bits per heavy atom. The number of nitrogens with two attached hydrogens (primary N) is 1. The average molecular weight is 455 g/mol. The number of nitro groups is 1. The monoisotopic (exact) mass is 454 g/mol. The molecule has 0 saturated carbocycles. The standard InChI is InChI=1S/C27H26N4O3/c28-22-13-11-19(12-14-22)23-17-25(31(33)34)24(18-26(23)32)29-15-16-30-27(20-7-3-1-4-8-20)21-9-5-2-6-10-21/h1-14,17-18,27,29-30,32H,15-16,28H2. The summed E-state index contributed by atoms with van der Waals surface area (Å²) in [5.74, 6) is -0.0442. The minimum absolute atomic E-state index is 0.0134. The van der Waals surface area contributed by atoms with Crippen molar-refractivity contribution in [3.63, 3.8) is 0 Å². The lowest BCUT2D eigenvalue weighted by Gasteiger charge is -2.20. The van der Waals surface area contributed by atoms with Crippen molar-refractivity contribution in [3.05, 3.63) is 118 Å². The van der Waals surface area contributed by atoms with Crippen molar-refractivity contribution in [1.82, 2.24) is 5.32 Å². The third kappa shape index (κ3) is 5.33. The zero-order chi connectivity index (χ0) is 23.9. The average Bonchev–Trinajstić information content (AvgIpc) is 2.85. The second kappa shape index (κ2) is 10.5. The quantitative estimate of drug-likeness (QED) is 0.117. The van der Waals surface area contributed by atoms with Crippen molar-refractivity contribution in [1.29, 1.82) is 0 Å². The van der Waals surface area contributed by atoms with E-state index in [1.807, 2.05) is 36.4 Å². The van der Waals surface area contributed by atoms with Gasteiger partial charge in [0.2, 0.25) is 0 Å². The number of hydrogen-bond acceptors (Lipinski definition) is 6. The van der Waals surface area contributed by atoms with E-state index in [0.717, 1.165) is 11.1 Å². The van der Waals surface area contributed by atoms with Gasteiger partial charge in [0.1, 0.15) is 11.4 Å². The van der Waals surface area contributed by atoms with Gasteiger partial charge in [-0.05, 0) is 28.8 Å². The summed E-state index contributed by atoms with van der Waals surface area (Å²) in [7, 11) is 0. The molecule has 0 aliphatic carbocycles. The van der Waals surface area contributed by atoms with Crippen molar-refractivity contribution in [2.75, 3.05) is 24.1 Å². The highest BCUT2D eigenvalue weighted by Crippen LogP contribution is 2.38. The smallest absolute Gasteiger partial charge is 0.293 e. The number of phenolic OH excluding ortho intramolecular Hbond substituents is 1. The fourth-order valence-corrected chi connectivity index (χ4v) is 3.90. The first kappa shape index (κ1) is 22.8. The van der Waals surface area contributed by atoms with Gasteiger partial charge in [-0.25, -0.2) is 0 Å². The summed E-state index contributed by atoms with van der Waals surface area (Å²) >= 11 is 0. The van der Waals surface area contributed by atoms with Gasteiger partial charge in [0.25, 0.3) is 5.69 Å². The maximum Gasteiger partial charge on any atom is 0.293 e. The van der Waals surface area contributed by atoms with Crippen LogP contribution >= 0.6 is 0 Å². The fourth-order valence-electron chi connectivity index (χ4n) is 3.90. The number of hydrogen-bond donors (Lipinski definition) is 4. The van der Waals surface area contributed by atoms with Crippen molar-refractivity contribution in [3.8, 4) is 16.9 Å². The first-order chi connectivity index (χ1) is 16.5. The molecule has 0 bridgehead atoms. The summed E-state index contributed by atoms with van der Waals surface area (Å²) in [6.45, 7) is 0.976. The number of anilines is 2. The minimum Gasteiger partial charge on any atom is -0.507 e. The molecule has 4 rings (SSSR count). The highest BCUT2D eigenvalue weighted by molar-refractivity contribution is 5.79. The lowest BCUT2D eigenvalue weighted by atomic mass is 9.99. The molecule has 7 heteroatoms. The first-order valence-corrected chi connectivity index (χ1v) is 11.0. The van der Waals surface area contributed by atoms with Crippen LogP contribution in [0.25, 0.3) is 11.1 Å². The molecule has 0 heterocycles. The Morgan fingerprint density at radius 2 is 1.44 bits per heavy atom. The normalized spacial score (nSPS) is 10.9. The van der Waals surface area contributed by atoms with E-state index in [4.69, 9.17) is 5.73 Å². The summed E-state index contributed by atoms with van der Waals surface area (Å²) in [5, 5.41) is 28.9. The number of nitrogens with one attached hydrogen (secondary N) is 2. The molecule has 0 spiro atoms. The Bertz CT molecular complexity index is 1210. The van der Waals surface area contributed by atoms with E-state index < -0.39 is 4.92 Å². The Hall–Kier alpha value is -4.36. The van der Waals surface area contributed by atoms with Crippen LogP contribution in [0.4, 0.5) is 17.1 Å². The number of phenols is 1. The van der Waals surface area contributed by atoms with Crippen LogP contribution in [-0.2, 0) is 0 Å². The molecule has 34 heavy (non-hydrogen) atoms. The van der Waals surface area contributed by atoms with E-state index in [1.54, 1.807) is 24.3 Å². The summed E-state index contributed by atoms with van der Waals surface area (Å²) in [4.78, 5) is 11.3. The number of rotatable bonds is 9. The molecule has 0 aliphatic rings. The maximum atomic E-state index is 11.7. The number of nitrogen functional groups attached to an aromatic ring is 1. The SMILES string of the molecule is Nc1ccc(-c2cc([N+](=O)[O-])c(NCCNC(c3ccccc3)c3ccccc3)cc2O)cc1. The predicted molar refractivity (Wildman–Crippen MR) is 136 cm³/mol. The minimum atomic E-state index is -0.452. The number of benzene rings is 4. The van der Waals surface area contributed by atoms with Crippen LogP contribution in [0, 0.1) is 10.1 Å². The van der Waals surface area contributed by atoms with Gasteiger partial charge in [-0.15, -0.1) is 0 Å². The van der Waals surface area contributed by atoms with E-state index in [9.17, 15) is 15.2 Å². The van der Waals surface area contributed by atoms with Crippen LogP contribution in [0.3, 0.4) is 0 Å². The Morgan fingerprint density at radius 1 is 0.853 bits per heavy atom. The first-order valence-electron chi connectivity index (χ1n) is 11.0. The largest absolute Gasteiger partial charge is 0.507 e. The van der Waals surface area contributed by atoms with Crippen molar-refractivity contribution in [2.24, 2.45) is 0 Å². The van der Waals surface area contributed by atoms with Crippen LogP contribution in [0.15, 0.2) is 97.1 Å². The summed E-state index contributed by atoms with van der Waals surface area (Å²) < 4.78 is 0. The van der Waals surface area contributed by atoms with Crippen LogP contribution in [0.2, 0.25) is 0 Å². The van der Waals surface area contributed by atoms with Gasteiger partial charge in [-0.1, -0.05) is 72.8 Å². The molecule has 0 atom stereocenters. The van der Waals surface area contributed by atoms with Gasteiger partial charge in [0.15, 0.2) is 0 Å². The molecule has 0 radical (unpaired) electrons. The van der Waals surface area contributed by atoms with Gasteiger partial charge in [-0.2, -0.15) is 0 Å². The topological polar surface area (TPSA) is 113 Å². The highest BCUT2D eigenvalue weighted by Gasteiger charge is 2.19. The Balaban J connectivity index is 1.49. The molecule has 0 aliphatic heterocycles. The molecule has 172 valence electrons. The van der Waals surface area contributed by atoms with Crippen LogP contribution in [0.1, 0.15) is 17.2 Å². The Labute approximate surface area is 198 Å². The molecule has 4 aromatic rings. The summed E-state index contributed by atoms with van der Waals surface area (Å²) in [6.07, 6.45) is 0. The molecule has 0 aromatic heterocycles. The number of nitrogens with zero attached hydrogens (tertiary/aromatic N) is 1. The molecule has 7 nitrogen and oxygen atoms in total. The lowest BCUT2D eigenvalue weighted by Crippen LogP contribution is -2.27. The van der Waals surface area contributed by atoms with E-state index in [2.05, 4.69) is 34.9 Å². The third-order valence-electron chi connectivity index (χ3n) is 5.59. The molecular formula is C27H26N4O3. The summed E-state index contributed by atoms with van der Waals surface area (Å²) in [5.41, 5.74) is 9.75. The van der Waals surface area contributed by atoms with Gasteiger partial charge < -0.3 is 21.5 Å². The van der Waals surface area contributed by atoms with E-state index in [-0.39, 0.29) is 23.2 Å². The third-order valence-corrected chi connectivity index (χ3v) is 5.59. The molecule has 0 amide bonds. The molecule has 0 unspecified atom stereocenters. The zero-order valence-corrected chi connectivity index (χ0v) is 18.5. The molecule has 0 saturated heterocycles. The van der Waals surface area contributed by atoms with Gasteiger partial charge >= 0.3 is 0 Å². The van der Waals surface area contributed by atoms with Crippen molar-refractivity contribution in [2.45, 2.75) is 6.04 Å². The molecular weight excluding hydrogens is 428 g/mol. The number of nitro benzene ring substituents is 1. The van der Waals surface area contributed by atoms with Crippen molar-refractivity contribution < 1.29 is 10.0 Å². The van der Waals surface area contributed by atoms with Crippen molar-refractivity contribution >= 4 is 17.1 Å². The number of aromatic hydroxyl groups is 1. The fraction of sp³-hybridized carbons (Fsp3) is 0.111. The van der Waals surface area contributed by atoms with Gasteiger partial charge in [0.05, 0.1) is 11.0 Å². The van der Waals surface area contributed by atoms with Crippen LogP contribution < -0.4 is 16.4 Å². The second-order valence-corrected chi connectivity index (χ2v) is 7.90. The predicted octanol–water partition coefficient (Wildman–Crippen LogP) is 5.34. The molecule has 4 aromatic carbocycles. The van der Waals surface area contributed by atoms with Crippen LogP contribution in [0.5, 0.6) is 5.75 Å². The van der Waals surface area contributed by atoms with E-state index in [1.165, 1.54) is 12.1 Å². The molecule has 0 fully saturated rings. The maximum absolute atomic E-state index is 11.7. The van der Waals surface area contributed by atoms with Gasteiger partial charge in [0, 0.05) is 36.5 Å². The van der Waals surface area contributed by atoms with E-state index in [0.29, 0.717) is 29.9 Å². The van der Waals surface area contributed by atoms with Gasteiger partial charge in [-0.3, -0.25) is 10.1 Å².